The molecule has 1 aromatic rings. The lowest BCUT2D eigenvalue weighted by molar-refractivity contribution is -0.299. The molecule has 2 aliphatic rings. The predicted molar refractivity (Wildman–Crippen MR) is 88.2 cm³/mol. The summed E-state index contributed by atoms with van der Waals surface area (Å²) >= 11 is 0. The monoisotopic (exact) mass is 361 g/mol. The third-order valence-electron chi connectivity index (χ3n) is 4.74. The lowest BCUT2D eigenvalue weighted by Gasteiger charge is -2.49. The minimum atomic E-state index is -1.14. The third-order valence-corrected chi connectivity index (χ3v) is 4.74. The summed E-state index contributed by atoms with van der Waals surface area (Å²) in [7, 11) is 0. The number of rotatable bonds is 2. The molecule has 0 spiro atoms. The summed E-state index contributed by atoms with van der Waals surface area (Å²) < 4.78 is 5.30. The van der Waals surface area contributed by atoms with E-state index in [0.29, 0.717) is 17.9 Å². The Bertz CT molecular complexity index is 720. The number of hydrogen-bond acceptors (Lipinski definition) is 6. The molecule has 3 rings (SSSR count). The number of benzene rings is 1. The van der Waals surface area contributed by atoms with Crippen LogP contribution in [0.3, 0.4) is 0 Å². The Hall–Kier alpha value is -2.45. The molecule has 2 amide bonds. The number of piperidine rings is 1. The van der Waals surface area contributed by atoms with Crippen molar-refractivity contribution in [3.8, 4) is 0 Å². The topological polar surface area (TPSA) is 96.0 Å². The molecule has 0 bridgehead atoms. The molecule has 1 aromatic carbocycles. The van der Waals surface area contributed by atoms with E-state index >= 15 is 0 Å². The highest BCUT2D eigenvalue weighted by Crippen LogP contribution is 2.38. The fourth-order valence-corrected chi connectivity index (χ4v) is 3.74. The number of carbonyl (C=O) groups excluding carboxylic acids is 3. The highest BCUT2D eigenvalue weighted by atomic mass is 16.8. The van der Waals surface area contributed by atoms with Gasteiger partial charge in [0.05, 0.1) is 11.1 Å². The van der Waals surface area contributed by atoms with E-state index in [4.69, 9.17) is 9.57 Å². The Kier molecular flexibility index (Phi) is 4.28. The minimum Gasteiger partial charge on any atom is -0.429 e. The molecule has 1 fully saturated rings. The summed E-state index contributed by atoms with van der Waals surface area (Å²) in [6.45, 7) is 7.08. The maximum absolute atomic E-state index is 12.3. The lowest BCUT2D eigenvalue weighted by Crippen LogP contribution is -2.60. The van der Waals surface area contributed by atoms with E-state index in [9.17, 15) is 19.6 Å². The molecule has 8 heteroatoms. The molecule has 0 N–H and O–H groups in total. The van der Waals surface area contributed by atoms with Gasteiger partial charge < -0.3 is 4.74 Å². The molecule has 139 valence electrons. The van der Waals surface area contributed by atoms with Crippen LogP contribution in [-0.4, -0.2) is 45.3 Å². The fraction of sp³-hybridized carbons (Fsp3) is 0.500. The van der Waals surface area contributed by atoms with Crippen molar-refractivity contribution < 1.29 is 29.2 Å². The number of ether oxygens (including phenoxy) is 1. The number of amides is 2. The van der Waals surface area contributed by atoms with Gasteiger partial charge in [-0.25, -0.2) is 4.79 Å². The molecular weight excluding hydrogens is 340 g/mol. The molecule has 2 aliphatic heterocycles. The van der Waals surface area contributed by atoms with Crippen molar-refractivity contribution >= 4 is 18.0 Å². The molecule has 2 heterocycles. The number of nitrogens with zero attached hydrogens (tertiary/aromatic N) is 2. The molecular formula is C18H21N2O6. The van der Waals surface area contributed by atoms with E-state index in [2.05, 4.69) is 0 Å². The van der Waals surface area contributed by atoms with Crippen molar-refractivity contribution in [2.24, 2.45) is 0 Å². The maximum Gasteiger partial charge on any atom is 0.534 e. The van der Waals surface area contributed by atoms with Gasteiger partial charge >= 0.3 is 6.16 Å². The van der Waals surface area contributed by atoms with Crippen LogP contribution in [0.4, 0.5) is 4.79 Å². The van der Waals surface area contributed by atoms with Gasteiger partial charge in [0.25, 0.3) is 11.8 Å². The molecule has 1 radical (unpaired) electrons. The van der Waals surface area contributed by atoms with Gasteiger partial charge in [-0.1, -0.05) is 17.2 Å². The second-order valence-electron chi connectivity index (χ2n) is 7.86. The van der Waals surface area contributed by atoms with Crippen LogP contribution in [0.25, 0.3) is 0 Å². The summed E-state index contributed by atoms with van der Waals surface area (Å²) in [5, 5.41) is 13.8. The van der Waals surface area contributed by atoms with Crippen LogP contribution in [0.1, 0.15) is 61.3 Å². The number of imide groups is 1. The quantitative estimate of drug-likeness (QED) is 0.594. The zero-order valence-electron chi connectivity index (χ0n) is 15.1. The summed E-state index contributed by atoms with van der Waals surface area (Å²) in [4.78, 5) is 41.4. The molecule has 0 saturated carbocycles. The smallest absolute Gasteiger partial charge is 0.429 e. The summed E-state index contributed by atoms with van der Waals surface area (Å²) in [5.41, 5.74) is -1.09. The first-order valence-corrected chi connectivity index (χ1v) is 8.37. The van der Waals surface area contributed by atoms with E-state index in [-0.39, 0.29) is 11.1 Å². The van der Waals surface area contributed by atoms with Gasteiger partial charge in [-0.05, 0) is 39.8 Å². The Morgan fingerprint density at radius 2 is 1.46 bits per heavy atom. The summed E-state index contributed by atoms with van der Waals surface area (Å²) in [5.74, 6) is -1.42. The van der Waals surface area contributed by atoms with E-state index in [0.717, 1.165) is 5.06 Å². The molecule has 8 nitrogen and oxygen atoms in total. The number of hydroxylamine groups is 4. The maximum atomic E-state index is 12.3. The Morgan fingerprint density at radius 3 is 1.92 bits per heavy atom. The highest BCUT2D eigenvalue weighted by Gasteiger charge is 2.48. The zero-order chi connectivity index (χ0) is 19.3. The third kappa shape index (κ3) is 3.06. The summed E-state index contributed by atoms with van der Waals surface area (Å²) in [6.07, 6.45) is -1.07. The fourth-order valence-electron chi connectivity index (χ4n) is 3.74. The molecule has 0 unspecified atom stereocenters. The number of hydrogen-bond donors (Lipinski definition) is 0. The Morgan fingerprint density at radius 1 is 1.00 bits per heavy atom. The van der Waals surface area contributed by atoms with E-state index in [1.807, 2.05) is 0 Å². The largest absolute Gasteiger partial charge is 0.534 e. The standard InChI is InChI=1S/C18H21N2O6/c1-17(2)9-11(10-18(3,4)20(17)24)25-16(23)26-19-14(21)12-7-5-6-8-13(12)15(19)22/h5-8,11H,9-10H2,1-4H3. The first-order valence-electron chi connectivity index (χ1n) is 8.37. The van der Waals surface area contributed by atoms with Crippen molar-refractivity contribution in [1.82, 2.24) is 10.1 Å². The lowest BCUT2D eigenvalue weighted by atomic mass is 9.80. The second kappa shape index (κ2) is 6.07. The van der Waals surface area contributed by atoms with Crippen LogP contribution in [0.15, 0.2) is 24.3 Å². The van der Waals surface area contributed by atoms with Crippen LogP contribution < -0.4 is 0 Å². The van der Waals surface area contributed by atoms with Crippen molar-refractivity contribution in [3.63, 3.8) is 0 Å². The zero-order valence-corrected chi connectivity index (χ0v) is 15.1. The van der Waals surface area contributed by atoms with Crippen molar-refractivity contribution in [2.45, 2.75) is 57.7 Å². The first-order chi connectivity index (χ1) is 12.0. The van der Waals surface area contributed by atoms with Gasteiger partial charge in [0.2, 0.25) is 0 Å². The van der Waals surface area contributed by atoms with Crippen LogP contribution in [0, 0.1) is 0 Å². The Balaban J connectivity index is 1.67. The van der Waals surface area contributed by atoms with Gasteiger partial charge in [0, 0.05) is 23.9 Å². The van der Waals surface area contributed by atoms with Gasteiger partial charge in [-0.2, -0.15) is 0 Å². The van der Waals surface area contributed by atoms with E-state index in [1.165, 1.54) is 12.1 Å². The van der Waals surface area contributed by atoms with Crippen molar-refractivity contribution in [3.05, 3.63) is 35.4 Å². The molecule has 0 aliphatic carbocycles. The van der Waals surface area contributed by atoms with Crippen LogP contribution in [0.2, 0.25) is 0 Å². The highest BCUT2D eigenvalue weighted by molar-refractivity contribution is 6.20. The molecule has 26 heavy (non-hydrogen) atoms. The van der Waals surface area contributed by atoms with E-state index in [1.54, 1.807) is 39.8 Å². The molecule has 1 saturated heterocycles. The normalized spacial score (nSPS) is 22.3. The predicted octanol–water partition coefficient (Wildman–Crippen LogP) is 2.72. The van der Waals surface area contributed by atoms with Gasteiger partial charge in [0.15, 0.2) is 0 Å². The average Bonchev–Trinajstić information content (AvgIpc) is 2.77. The first kappa shape index (κ1) is 18.3. The molecule has 0 aromatic heterocycles. The summed E-state index contributed by atoms with van der Waals surface area (Å²) in [6, 6.07) is 6.21. The van der Waals surface area contributed by atoms with E-state index < -0.39 is 35.2 Å². The molecule has 0 atom stereocenters. The van der Waals surface area contributed by atoms with Crippen LogP contribution in [0.5, 0.6) is 0 Å². The Labute approximate surface area is 151 Å². The van der Waals surface area contributed by atoms with Gasteiger partial charge in [0.1, 0.15) is 6.10 Å². The average molecular weight is 361 g/mol. The minimum absolute atomic E-state index is 0.173. The van der Waals surface area contributed by atoms with Crippen molar-refractivity contribution in [2.75, 3.05) is 0 Å². The van der Waals surface area contributed by atoms with Crippen LogP contribution in [-0.2, 0) is 14.8 Å². The van der Waals surface area contributed by atoms with Gasteiger partial charge in [-0.15, -0.1) is 10.3 Å². The number of fused-ring (bicyclic) bond motifs is 1. The number of carbonyl (C=O) groups is 3. The second-order valence-corrected chi connectivity index (χ2v) is 7.86. The SMILES string of the molecule is CC1(C)CC(OC(=O)ON2C(=O)c3ccccc3C2=O)CC(C)(C)N1[O]. The van der Waals surface area contributed by atoms with Crippen molar-refractivity contribution in [1.29, 1.82) is 0 Å². The van der Waals surface area contributed by atoms with Crippen LogP contribution >= 0.6 is 0 Å². The van der Waals surface area contributed by atoms with Gasteiger partial charge in [-0.3, -0.25) is 14.4 Å².